The molecule has 0 amide bonds. The molecule has 6 heteroatoms. The van der Waals surface area contributed by atoms with Crippen LogP contribution in [0.4, 0.5) is 0 Å². The van der Waals surface area contributed by atoms with E-state index in [0.29, 0.717) is 18.2 Å². The quantitative estimate of drug-likeness (QED) is 0.418. The minimum Gasteiger partial charge on any atom is -0.468 e. The van der Waals surface area contributed by atoms with E-state index >= 15 is 0 Å². The van der Waals surface area contributed by atoms with Gasteiger partial charge in [-0.3, -0.25) is 4.79 Å². The number of ether oxygens (including phenoxy) is 1. The number of methoxy groups -OCH3 is 1. The first-order valence-corrected chi connectivity index (χ1v) is 4.41. The molecule has 0 fully saturated rings. The van der Waals surface area contributed by atoms with Crippen LogP contribution in [0, 0.1) is 0 Å². The lowest BCUT2D eigenvalue weighted by Crippen LogP contribution is -2.40. The fourth-order valence-electron chi connectivity index (χ4n) is 0.593. The first-order valence-electron chi connectivity index (χ1n) is 3.24. The molecule has 0 spiro atoms. The number of hydrogen-bond acceptors (Lipinski definition) is 4. The fraction of sp³-hybridized carbons (Fsp3) is 0.833. The third-order valence-electron chi connectivity index (χ3n) is 1.15. The Kier molecular flexibility index (Phi) is 11.7. The molecule has 74 valence electrons. The first-order chi connectivity index (χ1) is 5.26. The Hall–Kier alpha value is 0.360. The molecule has 0 aromatic carbocycles. The van der Waals surface area contributed by atoms with Crippen molar-refractivity contribution in [1.82, 2.24) is 5.32 Å². The molecule has 0 aliphatic rings. The summed E-state index contributed by atoms with van der Waals surface area (Å²) in [5, 5.41) is 2.89. The molecule has 0 aliphatic carbocycles. The highest BCUT2D eigenvalue weighted by Gasteiger charge is 2.15. The molecule has 0 rings (SSSR count). The van der Waals surface area contributed by atoms with Crippen molar-refractivity contribution in [3.8, 4) is 0 Å². The van der Waals surface area contributed by atoms with Crippen molar-refractivity contribution in [3.05, 3.63) is 0 Å². The van der Waals surface area contributed by atoms with E-state index in [1.807, 2.05) is 0 Å². The molecule has 0 saturated carbocycles. The van der Waals surface area contributed by atoms with Gasteiger partial charge in [-0.2, -0.15) is 12.6 Å². The second-order valence-corrected chi connectivity index (χ2v) is 2.64. The number of esters is 1. The van der Waals surface area contributed by atoms with Crippen LogP contribution in [0.3, 0.4) is 0 Å². The summed E-state index contributed by atoms with van der Waals surface area (Å²) >= 11 is 9.39. The number of halogens is 2. The molecule has 0 heterocycles. The summed E-state index contributed by atoms with van der Waals surface area (Å²) in [7, 11) is 1.35. The predicted octanol–water partition coefficient (Wildman–Crippen LogP) is 0.708. The zero-order valence-corrected chi connectivity index (χ0v) is 9.22. The summed E-state index contributed by atoms with van der Waals surface area (Å²) in [6, 6.07) is -0.345. The molecule has 0 aromatic heterocycles. The number of thiol groups is 1. The lowest BCUT2D eigenvalue weighted by Gasteiger charge is -2.12. The average Bonchev–Trinajstić information content (AvgIpc) is 2.05. The molecule has 0 unspecified atom stereocenters. The topological polar surface area (TPSA) is 38.3 Å². The van der Waals surface area contributed by atoms with Gasteiger partial charge < -0.3 is 10.1 Å². The highest BCUT2D eigenvalue weighted by Crippen LogP contribution is 1.90. The van der Waals surface area contributed by atoms with Crippen LogP contribution < -0.4 is 5.32 Å². The maximum atomic E-state index is 10.9. The van der Waals surface area contributed by atoms with E-state index in [1.165, 1.54) is 7.11 Å². The first kappa shape index (κ1) is 14.9. The van der Waals surface area contributed by atoms with E-state index in [2.05, 4.69) is 22.7 Å². The summed E-state index contributed by atoms with van der Waals surface area (Å²) in [5.41, 5.74) is 0. The zero-order chi connectivity index (χ0) is 8.69. The van der Waals surface area contributed by atoms with Gasteiger partial charge in [0.15, 0.2) is 0 Å². The molecule has 0 aliphatic heterocycles. The maximum absolute atomic E-state index is 10.9. The summed E-state index contributed by atoms with van der Waals surface area (Å²) in [6.07, 6.45) is 0. The number of carbonyl (C=O) groups excluding carboxylic acids is 1. The Morgan fingerprint density at radius 3 is 2.67 bits per heavy atom. The summed E-state index contributed by atoms with van der Waals surface area (Å²) in [6.45, 7) is 0.585. The molecule has 0 radical (unpaired) electrons. The molecule has 1 atom stereocenters. The van der Waals surface area contributed by atoms with Crippen LogP contribution >= 0.6 is 36.6 Å². The smallest absolute Gasteiger partial charge is 0.323 e. The van der Waals surface area contributed by atoms with Crippen molar-refractivity contribution in [2.75, 3.05) is 25.3 Å². The lowest BCUT2D eigenvalue weighted by molar-refractivity contribution is -0.142. The van der Waals surface area contributed by atoms with Crippen molar-refractivity contribution in [2.45, 2.75) is 6.04 Å². The lowest BCUT2D eigenvalue weighted by atomic mass is 10.3. The highest BCUT2D eigenvalue weighted by atomic mass is 35.5. The van der Waals surface area contributed by atoms with Crippen molar-refractivity contribution in [3.63, 3.8) is 0 Å². The summed E-state index contributed by atoms with van der Waals surface area (Å²) in [4.78, 5) is 10.9. The Balaban J connectivity index is 0. The van der Waals surface area contributed by atoms with Crippen LogP contribution in [0.2, 0.25) is 0 Å². The molecular formula is C6H13Cl2NO2S. The van der Waals surface area contributed by atoms with Gasteiger partial charge in [0, 0.05) is 18.2 Å². The molecular weight excluding hydrogens is 221 g/mol. The van der Waals surface area contributed by atoms with Gasteiger partial charge in [-0.25, -0.2) is 0 Å². The summed E-state index contributed by atoms with van der Waals surface area (Å²) < 4.78 is 4.51. The van der Waals surface area contributed by atoms with Gasteiger partial charge in [-0.15, -0.1) is 24.0 Å². The van der Waals surface area contributed by atoms with Crippen LogP contribution in [0.25, 0.3) is 0 Å². The number of carbonyl (C=O) groups is 1. The number of alkyl halides is 1. The van der Waals surface area contributed by atoms with E-state index in [9.17, 15) is 4.79 Å². The SMILES string of the molecule is COC(=O)[C@H](CS)NCCCl.Cl. The van der Waals surface area contributed by atoms with E-state index < -0.39 is 0 Å². The van der Waals surface area contributed by atoms with Crippen LogP contribution in [-0.2, 0) is 9.53 Å². The monoisotopic (exact) mass is 233 g/mol. The van der Waals surface area contributed by atoms with Gasteiger partial charge in [0.05, 0.1) is 7.11 Å². The minimum atomic E-state index is -0.345. The third kappa shape index (κ3) is 5.94. The van der Waals surface area contributed by atoms with Crippen molar-refractivity contribution < 1.29 is 9.53 Å². The van der Waals surface area contributed by atoms with E-state index in [-0.39, 0.29) is 24.4 Å². The Bertz CT molecular complexity index is 126. The highest BCUT2D eigenvalue weighted by molar-refractivity contribution is 7.80. The van der Waals surface area contributed by atoms with Gasteiger partial charge in [0.1, 0.15) is 6.04 Å². The number of rotatable bonds is 5. The second kappa shape index (κ2) is 9.45. The molecule has 0 aromatic rings. The molecule has 1 N–H and O–H groups in total. The molecule has 12 heavy (non-hydrogen) atoms. The van der Waals surface area contributed by atoms with Crippen molar-refractivity contribution in [2.24, 2.45) is 0 Å². The number of nitrogens with one attached hydrogen (secondary N) is 1. The van der Waals surface area contributed by atoms with Gasteiger partial charge in [0.2, 0.25) is 0 Å². The summed E-state index contributed by atoms with van der Waals surface area (Å²) in [5.74, 6) is 0.593. The zero-order valence-electron chi connectivity index (χ0n) is 6.75. The van der Waals surface area contributed by atoms with Gasteiger partial charge in [-0.1, -0.05) is 0 Å². The van der Waals surface area contributed by atoms with Gasteiger partial charge in [-0.05, 0) is 0 Å². The van der Waals surface area contributed by atoms with E-state index in [1.54, 1.807) is 0 Å². The largest absolute Gasteiger partial charge is 0.468 e. The average molecular weight is 234 g/mol. The van der Waals surface area contributed by atoms with Crippen LogP contribution in [-0.4, -0.2) is 37.3 Å². The minimum absolute atomic E-state index is 0. The van der Waals surface area contributed by atoms with Crippen molar-refractivity contribution in [1.29, 1.82) is 0 Å². The standard InChI is InChI=1S/C6H12ClNO2S.ClH/c1-10-6(9)5(4-11)8-3-2-7;/h5,8,11H,2-4H2,1H3;1H/t5-;/m0./s1. The third-order valence-corrected chi connectivity index (χ3v) is 1.71. The van der Waals surface area contributed by atoms with Crippen LogP contribution in [0.1, 0.15) is 0 Å². The normalized spacial score (nSPS) is 11.6. The maximum Gasteiger partial charge on any atom is 0.323 e. The molecule has 0 saturated heterocycles. The van der Waals surface area contributed by atoms with Crippen LogP contribution in [0.15, 0.2) is 0 Å². The number of hydrogen-bond donors (Lipinski definition) is 2. The van der Waals surface area contributed by atoms with E-state index in [0.717, 1.165) is 0 Å². The van der Waals surface area contributed by atoms with Gasteiger partial charge >= 0.3 is 5.97 Å². The fourth-order valence-corrected chi connectivity index (χ4v) is 0.981. The molecule has 0 bridgehead atoms. The second-order valence-electron chi connectivity index (χ2n) is 1.90. The molecule has 3 nitrogen and oxygen atoms in total. The van der Waals surface area contributed by atoms with Crippen LogP contribution in [0.5, 0.6) is 0 Å². The Morgan fingerprint density at radius 2 is 2.33 bits per heavy atom. The van der Waals surface area contributed by atoms with E-state index in [4.69, 9.17) is 11.6 Å². The van der Waals surface area contributed by atoms with Gasteiger partial charge in [0.25, 0.3) is 0 Å². The Labute approximate surface area is 89.0 Å². The Morgan fingerprint density at radius 1 is 1.75 bits per heavy atom. The van der Waals surface area contributed by atoms with Crippen molar-refractivity contribution >= 4 is 42.6 Å². The predicted molar refractivity (Wildman–Crippen MR) is 55.6 cm³/mol.